The zero-order valence-electron chi connectivity index (χ0n) is 12.4. The highest BCUT2D eigenvalue weighted by Gasteiger charge is 2.16. The van der Waals surface area contributed by atoms with Gasteiger partial charge in [0.05, 0.1) is 18.7 Å². The van der Waals surface area contributed by atoms with Gasteiger partial charge in [0.25, 0.3) is 5.91 Å². The van der Waals surface area contributed by atoms with E-state index in [2.05, 4.69) is 5.32 Å². The minimum atomic E-state index is -0.245. The van der Waals surface area contributed by atoms with Crippen LogP contribution in [0.25, 0.3) is 0 Å². The van der Waals surface area contributed by atoms with Crippen molar-refractivity contribution in [2.24, 2.45) is 5.73 Å². The molecule has 0 bridgehead atoms. The number of benzene rings is 1. The summed E-state index contributed by atoms with van der Waals surface area (Å²) in [5.41, 5.74) is 5.89. The third kappa shape index (κ3) is 5.61. The van der Waals surface area contributed by atoms with E-state index in [1.165, 1.54) is 7.11 Å². The monoisotopic (exact) mass is 336 g/mol. The molecule has 0 fully saturated rings. The van der Waals surface area contributed by atoms with Gasteiger partial charge < -0.3 is 20.5 Å². The molecule has 0 spiro atoms. The Kier molecular flexibility index (Phi) is 9.17. The van der Waals surface area contributed by atoms with Crippen molar-refractivity contribution >= 4 is 29.9 Å². The number of nitrogens with two attached hydrogens (primary N) is 1. The summed E-state index contributed by atoms with van der Waals surface area (Å²) >= 11 is 6.15. The maximum Gasteiger partial charge on any atom is 0.251 e. The van der Waals surface area contributed by atoms with E-state index in [1.807, 2.05) is 13.8 Å². The molecule has 0 aromatic heterocycles. The van der Waals surface area contributed by atoms with Gasteiger partial charge >= 0.3 is 0 Å². The number of hydrogen-bond donors (Lipinski definition) is 2. The summed E-state index contributed by atoms with van der Waals surface area (Å²) in [6.45, 7) is 4.73. The molecule has 1 aromatic carbocycles. The molecule has 0 aliphatic rings. The van der Waals surface area contributed by atoms with Gasteiger partial charge in [0.2, 0.25) is 0 Å². The molecule has 0 saturated carbocycles. The van der Waals surface area contributed by atoms with E-state index in [4.69, 9.17) is 26.8 Å². The van der Waals surface area contributed by atoms with Gasteiger partial charge in [-0.15, -0.1) is 12.4 Å². The quantitative estimate of drug-likeness (QED) is 0.802. The van der Waals surface area contributed by atoms with Crippen molar-refractivity contribution in [2.75, 3.05) is 20.3 Å². The first-order valence-corrected chi connectivity index (χ1v) is 6.92. The molecule has 1 rings (SSSR count). The van der Waals surface area contributed by atoms with Crippen LogP contribution in [0.3, 0.4) is 0 Å². The normalized spacial score (nSPS) is 11.3. The number of hydrogen-bond acceptors (Lipinski definition) is 4. The van der Waals surface area contributed by atoms with E-state index >= 15 is 0 Å². The SMILES string of the molecule is CCCOc1c(Cl)cc(C(=O)N[C@@H](C)CN)cc1OC.Cl. The highest BCUT2D eigenvalue weighted by atomic mass is 35.5. The molecule has 0 saturated heterocycles. The lowest BCUT2D eigenvalue weighted by Crippen LogP contribution is -2.37. The first-order valence-electron chi connectivity index (χ1n) is 6.54. The van der Waals surface area contributed by atoms with Crippen LogP contribution in [0.2, 0.25) is 5.02 Å². The Balaban J connectivity index is 0.00000400. The standard InChI is InChI=1S/C14H21ClN2O3.ClH/c1-4-5-20-13-11(15)6-10(7-12(13)19-3)14(18)17-9(2)8-16;/h6-7,9H,4-5,8,16H2,1-3H3,(H,17,18);1H/t9-;/m0./s1. The van der Waals surface area contributed by atoms with Crippen molar-refractivity contribution in [3.63, 3.8) is 0 Å². The third-order valence-electron chi connectivity index (χ3n) is 2.67. The van der Waals surface area contributed by atoms with E-state index in [1.54, 1.807) is 12.1 Å². The second-order valence-corrected chi connectivity index (χ2v) is 4.86. The van der Waals surface area contributed by atoms with Gasteiger partial charge in [0.15, 0.2) is 11.5 Å². The number of nitrogens with one attached hydrogen (secondary N) is 1. The lowest BCUT2D eigenvalue weighted by atomic mass is 10.1. The van der Waals surface area contributed by atoms with Crippen molar-refractivity contribution in [2.45, 2.75) is 26.3 Å². The van der Waals surface area contributed by atoms with Crippen molar-refractivity contribution in [1.82, 2.24) is 5.32 Å². The maximum absolute atomic E-state index is 12.0. The van der Waals surface area contributed by atoms with E-state index in [0.29, 0.717) is 35.2 Å². The number of halogens is 2. The summed E-state index contributed by atoms with van der Waals surface area (Å²) in [7, 11) is 1.51. The Morgan fingerprint density at radius 3 is 2.67 bits per heavy atom. The molecule has 7 heteroatoms. The summed E-state index contributed by atoms with van der Waals surface area (Å²) in [6.07, 6.45) is 0.857. The van der Waals surface area contributed by atoms with E-state index < -0.39 is 0 Å². The minimum Gasteiger partial charge on any atom is -0.493 e. The molecule has 3 N–H and O–H groups in total. The number of rotatable bonds is 7. The number of amides is 1. The summed E-state index contributed by atoms with van der Waals surface area (Å²) in [5.74, 6) is 0.654. The predicted octanol–water partition coefficient (Wildman–Crippen LogP) is 2.64. The Bertz CT molecular complexity index is 470. The lowest BCUT2D eigenvalue weighted by molar-refractivity contribution is 0.0941. The Labute approximate surface area is 136 Å². The lowest BCUT2D eigenvalue weighted by Gasteiger charge is -2.15. The average molecular weight is 337 g/mol. The first-order chi connectivity index (χ1) is 9.53. The van der Waals surface area contributed by atoms with Crippen LogP contribution in [0.1, 0.15) is 30.6 Å². The molecule has 5 nitrogen and oxygen atoms in total. The Morgan fingerprint density at radius 2 is 2.14 bits per heavy atom. The van der Waals surface area contributed by atoms with Crippen molar-refractivity contribution in [3.05, 3.63) is 22.7 Å². The van der Waals surface area contributed by atoms with E-state index in [-0.39, 0.29) is 24.4 Å². The smallest absolute Gasteiger partial charge is 0.251 e. The van der Waals surface area contributed by atoms with Crippen LogP contribution in [0.4, 0.5) is 0 Å². The Hall–Kier alpha value is -1.17. The van der Waals surface area contributed by atoms with Crippen LogP contribution in [0.15, 0.2) is 12.1 Å². The number of carbonyl (C=O) groups excluding carboxylic acids is 1. The fourth-order valence-electron chi connectivity index (χ4n) is 1.56. The van der Waals surface area contributed by atoms with Crippen LogP contribution in [-0.2, 0) is 0 Å². The fraction of sp³-hybridized carbons (Fsp3) is 0.500. The van der Waals surface area contributed by atoms with Gasteiger partial charge in [-0.2, -0.15) is 0 Å². The van der Waals surface area contributed by atoms with Crippen LogP contribution in [0.5, 0.6) is 11.5 Å². The summed E-state index contributed by atoms with van der Waals surface area (Å²) in [5, 5.41) is 3.12. The summed E-state index contributed by atoms with van der Waals surface area (Å²) in [4.78, 5) is 12.0. The van der Waals surface area contributed by atoms with Crippen molar-refractivity contribution < 1.29 is 14.3 Å². The minimum absolute atomic E-state index is 0. The van der Waals surface area contributed by atoms with E-state index in [9.17, 15) is 4.79 Å². The highest BCUT2D eigenvalue weighted by molar-refractivity contribution is 6.32. The first kappa shape index (κ1) is 19.8. The predicted molar refractivity (Wildman–Crippen MR) is 87.0 cm³/mol. The van der Waals surface area contributed by atoms with Crippen LogP contribution >= 0.6 is 24.0 Å². The second kappa shape index (κ2) is 9.71. The molecule has 0 radical (unpaired) electrons. The molecular formula is C14H22Cl2N2O3. The van der Waals surface area contributed by atoms with Gasteiger partial charge in [-0.1, -0.05) is 18.5 Å². The second-order valence-electron chi connectivity index (χ2n) is 4.45. The molecule has 1 aromatic rings. The largest absolute Gasteiger partial charge is 0.493 e. The summed E-state index contributed by atoms with van der Waals surface area (Å²) in [6, 6.07) is 3.06. The summed E-state index contributed by atoms with van der Waals surface area (Å²) < 4.78 is 10.8. The molecule has 1 amide bonds. The fourth-order valence-corrected chi connectivity index (χ4v) is 1.83. The highest BCUT2D eigenvalue weighted by Crippen LogP contribution is 2.36. The number of methoxy groups -OCH3 is 1. The molecule has 0 unspecified atom stereocenters. The third-order valence-corrected chi connectivity index (χ3v) is 2.95. The van der Waals surface area contributed by atoms with Gasteiger partial charge in [0.1, 0.15) is 0 Å². The molecular weight excluding hydrogens is 315 g/mol. The zero-order chi connectivity index (χ0) is 15.1. The van der Waals surface area contributed by atoms with E-state index in [0.717, 1.165) is 6.42 Å². The van der Waals surface area contributed by atoms with Gasteiger partial charge in [-0.05, 0) is 25.5 Å². The van der Waals surface area contributed by atoms with Crippen LogP contribution < -0.4 is 20.5 Å². The molecule has 1 atom stereocenters. The molecule has 0 heterocycles. The topological polar surface area (TPSA) is 73.6 Å². The average Bonchev–Trinajstić information content (AvgIpc) is 2.44. The van der Waals surface area contributed by atoms with Crippen molar-refractivity contribution in [3.8, 4) is 11.5 Å². The van der Waals surface area contributed by atoms with Crippen molar-refractivity contribution in [1.29, 1.82) is 0 Å². The van der Waals surface area contributed by atoms with Gasteiger partial charge in [0, 0.05) is 18.2 Å². The van der Waals surface area contributed by atoms with Gasteiger partial charge in [-0.25, -0.2) is 0 Å². The molecule has 120 valence electrons. The van der Waals surface area contributed by atoms with Crippen LogP contribution in [0, 0.1) is 0 Å². The number of carbonyl (C=O) groups is 1. The van der Waals surface area contributed by atoms with Gasteiger partial charge in [-0.3, -0.25) is 4.79 Å². The molecule has 21 heavy (non-hydrogen) atoms. The number of ether oxygens (including phenoxy) is 2. The molecule has 0 aliphatic heterocycles. The maximum atomic E-state index is 12.0. The van der Waals surface area contributed by atoms with Crippen LogP contribution in [-0.4, -0.2) is 32.2 Å². The zero-order valence-corrected chi connectivity index (χ0v) is 14.0. The molecule has 0 aliphatic carbocycles. The Morgan fingerprint density at radius 1 is 1.48 bits per heavy atom.